The van der Waals surface area contributed by atoms with Gasteiger partial charge in [0.25, 0.3) is 5.91 Å². The van der Waals surface area contributed by atoms with Crippen LogP contribution in [0.2, 0.25) is 0 Å². The van der Waals surface area contributed by atoms with Gasteiger partial charge in [0.05, 0.1) is 0 Å². The molecule has 3 aromatic rings. The van der Waals surface area contributed by atoms with Crippen molar-refractivity contribution in [3.05, 3.63) is 95.1 Å². The van der Waals surface area contributed by atoms with Crippen molar-refractivity contribution in [2.24, 2.45) is 7.05 Å². The average molecular weight is 410 g/mol. The molecular weight excluding hydrogens is 394 g/mol. The molecule has 5 nitrogen and oxygen atoms in total. The SMILES string of the molecule is Cn1ccnc1C(=O)N(/C=C/C(=O)c1ccc(Br)cc1)c1ccccc1. The minimum Gasteiger partial charge on any atom is -0.330 e. The van der Waals surface area contributed by atoms with Gasteiger partial charge >= 0.3 is 0 Å². The van der Waals surface area contributed by atoms with E-state index in [2.05, 4.69) is 20.9 Å². The van der Waals surface area contributed by atoms with E-state index in [0.717, 1.165) is 4.47 Å². The maximum absolute atomic E-state index is 12.9. The number of carbonyl (C=O) groups is 2. The lowest BCUT2D eigenvalue weighted by Crippen LogP contribution is -2.28. The highest BCUT2D eigenvalue weighted by molar-refractivity contribution is 9.10. The first-order valence-corrected chi connectivity index (χ1v) is 8.69. The number of para-hydroxylation sites is 1. The molecule has 0 aliphatic rings. The van der Waals surface area contributed by atoms with Crippen molar-refractivity contribution in [1.29, 1.82) is 0 Å². The number of ketones is 1. The van der Waals surface area contributed by atoms with Crippen LogP contribution in [0.4, 0.5) is 5.69 Å². The second-order valence-corrected chi connectivity index (χ2v) is 6.48. The molecule has 0 N–H and O–H groups in total. The summed E-state index contributed by atoms with van der Waals surface area (Å²) in [5.41, 5.74) is 1.20. The Bertz CT molecular complexity index is 947. The minimum atomic E-state index is -0.316. The van der Waals surface area contributed by atoms with Crippen LogP contribution < -0.4 is 4.90 Å². The van der Waals surface area contributed by atoms with E-state index in [0.29, 0.717) is 11.3 Å². The molecule has 0 fully saturated rings. The molecule has 1 amide bonds. The fourth-order valence-electron chi connectivity index (χ4n) is 2.39. The fraction of sp³-hybridized carbons (Fsp3) is 0.0500. The molecule has 0 saturated carbocycles. The van der Waals surface area contributed by atoms with Crippen molar-refractivity contribution < 1.29 is 9.59 Å². The molecular formula is C20H16BrN3O2. The van der Waals surface area contributed by atoms with Gasteiger partial charge in [-0.05, 0) is 36.4 Å². The lowest BCUT2D eigenvalue weighted by atomic mass is 10.1. The quantitative estimate of drug-likeness (QED) is 0.468. The molecule has 6 heteroatoms. The van der Waals surface area contributed by atoms with E-state index in [1.807, 2.05) is 18.2 Å². The summed E-state index contributed by atoms with van der Waals surface area (Å²) in [6.07, 6.45) is 6.13. The zero-order chi connectivity index (χ0) is 18.5. The molecule has 2 aromatic carbocycles. The molecule has 0 radical (unpaired) electrons. The number of anilines is 1. The van der Waals surface area contributed by atoms with Gasteiger partial charge in [-0.1, -0.05) is 34.1 Å². The van der Waals surface area contributed by atoms with Gasteiger partial charge in [0, 0.05) is 47.4 Å². The predicted molar refractivity (Wildman–Crippen MR) is 104 cm³/mol. The highest BCUT2D eigenvalue weighted by Crippen LogP contribution is 2.17. The Morgan fingerprint density at radius 1 is 1.08 bits per heavy atom. The third-order valence-corrected chi connectivity index (χ3v) is 4.30. The van der Waals surface area contributed by atoms with Crippen molar-refractivity contribution in [2.75, 3.05) is 4.90 Å². The first-order valence-electron chi connectivity index (χ1n) is 7.90. The number of hydrogen-bond acceptors (Lipinski definition) is 3. The third kappa shape index (κ3) is 3.97. The van der Waals surface area contributed by atoms with Crippen LogP contribution in [-0.4, -0.2) is 21.2 Å². The zero-order valence-corrected chi connectivity index (χ0v) is 15.6. The van der Waals surface area contributed by atoms with Gasteiger partial charge in [0.15, 0.2) is 11.6 Å². The summed E-state index contributed by atoms with van der Waals surface area (Å²) in [5.74, 6) is -0.218. The Kier molecular flexibility index (Phi) is 5.43. The highest BCUT2D eigenvalue weighted by Gasteiger charge is 2.19. The maximum Gasteiger partial charge on any atom is 0.298 e. The summed E-state index contributed by atoms with van der Waals surface area (Å²) < 4.78 is 2.54. The molecule has 0 aliphatic carbocycles. The molecule has 3 rings (SSSR count). The van der Waals surface area contributed by atoms with E-state index in [1.54, 1.807) is 60.4 Å². The van der Waals surface area contributed by atoms with Crippen molar-refractivity contribution in [3.63, 3.8) is 0 Å². The normalized spacial score (nSPS) is 10.8. The number of aromatic nitrogens is 2. The van der Waals surface area contributed by atoms with Gasteiger partial charge in [0.2, 0.25) is 0 Å². The van der Waals surface area contributed by atoms with E-state index in [9.17, 15) is 9.59 Å². The van der Waals surface area contributed by atoms with Gasteiger partial charge < -0.3 is 4.57 Å². The standard InChI is InChI=1S/C20H16BrN3O2/c1-23-14-12-22-19(23)20(26)24(17-5-3-2-4-6-17)13-11-18(25)15-7-9-16(21)10-8-15/h2-14H,1H3/b13-11+. The number of amides is 1. The van der Waals surface area contributed by atoms with Gasteiger partial charge in [-0.15, -0.1) is 0 Å². The van der Waals surface area contributed by atoms with E-state index < -0.39 is 0 Å². The first-order chi connectivity index (χ1) is 12.6. The molecule has 26 heavy (non-hydrogen) atoms. The molecule has 0 unspecified atom stereocenters. The molecule has 130 valence electrons. The van der Waals surface area contributed by atoms with Crippen LogP contribution in [0, 0.1) is 0 Å². The van der Waals surface area contributed by atoms with Crippen molar-refractivity contribution >= 4 is 33.3 Å². The van der Waals surface area contributed by atoms with Crippen LogP contribution in [0.25, 0.3) is 0 Å². The highest BCUT2D eigenvalue weighted by atomic mass is 79.9. The number of imidazole rings is 1. The Balaban J connectivity index is 1.91. The van der Waals surface area contributed by atoms with E-state index >= 15 is 0 Å². The molecule has 0 spiro atoms. The number of rotatable bonds is 5. The zero-order valence-electron chi connectivity index (χ0n) is 14.0. The topological polar surface area (TPSA) is 55.2 Å². The molecule has 0 aliphatic heterocycles. The number of carbonyl (C=O) groups excluding carboxylic acids is 2. The summed E-state index contributed by atoms with van der Waals surface area (Å²) in [4.78, 5) is 30.8. The summed E-state index contributed by atoms with van der Waals surface area (Å²) in [7, 11) is 1.75. The number of nitrogens with zero attached hydrogens (tertiary/aromatic N) is 3. The molecule has 1 aromatic heterocycles. The van der Waals surface area contributed by atoms with Gasteiger partial charge in [-0.2, -0.15) is 0 Å². The van der Waals surface area contributed by atoms with Crippen LogP contribution in [0.5, 0.6) is 0 Å². The third-order valence-electron chi connectivity index (χ3n) is 3.77. The van der Waals surface area contributed by atoms with Gasteiger partial charge in [-0.3, -0.25) is 14.5 Å². The Hall–Kier alpha value is -2.99. The Labute approximate surface area is 159 Å². The predicted octanol–water partition coefficient (Wildman–Crippen LogP) is 4.23. The smallest absolute Gasteiger partial charge is 0.298 e. The monoisotopic (exact) mass is 409 g/mol. The average Bonchev–Trinajstić information content (AvgIpc) is 3.09. The first kappa shape index (κ1) is 17.8. The summed E-state index contributed by atoms with van der Waals surface area (Å²) >= 11 is 3.34. The van der Waals surface area contributed by atoms with E-state index in [-0.39, 0.29) is 17.5 Å². The van der Waals surface area contributed by atoms with Crippen molar-refractivity contribution in [3.8, 4) is 0 Å². The van der Waals surface area contributed by atoms with E-state index in [1.165, 1.54) is 17.2 Å². The Morgan fingerprint density at radius 2 is 1.77 bits per heavy atom. The van der Waals surface area contributed by atoms with Crippen molar-refractivity contribution in [2.45, 2.75) is 0 Å². The van der Waals surface area contributed by atoms with Crippen LogP contribution in [-0.2, 0) is 7.05 Å². The Morgan fingerprint density at radius 3 is 2.38 bits per heavy atom. The maximum atomic E-state index is 12.9. The lowest BCUT2D eigenvalue weighted by molar-refractivity contribution is 0.0985. The lowest BCUT2D eigenvalue weighted by Gasteiger charge is -2.18. The van der Waals surface area contributed by atoms with Crippen LogP contribution in [0.1, 0.15) is 21.0 Å². The number of allylic oxidation sites excluding steroid dienone is 1. The van der Waals surface area contributed by atoms with Crippen LogP contribution >= 0.6 is 15.9 Å². The number of hydrogen-bond donors (Lipinski definition) is 0. The molecule has 0 atom stereocenters. The van der Waals surface area contributed by atoms with Crippen LogP contribution in [0.15, 0.2) is 83.7 Å². The second kappa shape index (κ2) is 7.93. The number of benzene rings is 2. The van der Waals surface area contributed by atoms with Crippen LogP contribution in [0.3, 0.4) is 0 Å². The minimum absolute atomic E-state index is 0.189. The fourth-order valence-corrected chi connectivity index (χ4v) is 2.66. The molecule has 1 heterocycles. The molecule has 0 bridgehead atoms. The summed E-state index contributed by atoms with van der Waals surface area (Å²) in [5, 5.41) is 0. The van der Waals surface area contributed by atoms with Gasteiger partial charge in [-0.25, -0.2) is 4.98 Å². The largest absolute Gasteiger partial charge is 0.330 e. The molecule has 0 saturated heterocycles. The van der Waals surface area contributed by atoms with Gasteiger partial charge in [0.1, 0.15) is 0 Å². The van der Waals surface area contributed by atoms with Crippen molar-refractivity contribution in [1.82, 2.24) is 9.55 Å². The summed E-state index contributed by atoms with van der Waals surface area (Å²) in [6, 6.07) is 16.2. The van der Waals surface area contributed by atoms with E-state index in [4.69, 9.17) is 0 Å². The summed E-state index contributed by atoms with van der Waals surface area (Å²) in [6.45, 7) is 0. The second-order valence-electron chi connectivity index (χ2n) is 5.56. The number of aryl methyl sites for hydroxylation is 1. The number of halogens is 1.